The maximum absolute atomic E-state index is 12.4. The highest BCUT2D eigenvalue weighted by atomic mass is 32.2. The van der Waals surface area contributed by atoms with E-state index in [0.717, 1.165) is 6.42 Å². The lowest BCUT2D eigenvalue weighted by atomic mass is 9.84. The van der Waals surface area contributed by atoms with Crippen molar-refractivity contribution in [3.8, 4) is 0 Å². The second kappa shape index (κ2) is 10.4. The summed E-state index contributed by atoms with van der Waals surface area (Å²) in [4.78, 5) is 4.63. The summed E-state index contributed by atoms with van der Waals surface area (Å²) in [6, 6.07) is 3.34. The first-order chi connectivity index (χ1) is 12.9. The van der Waals surface area contributed by atoms with Crippen LogP contribution in [0.25, 0.3) is 0 Å². The molecule has 3 N–H and O–H groups in total. The van der Waals surface area contributed by atoms with Gasteiger partial charge in [-0.3, -0.25) is 4.99 Å². The van der Waals surface area contributed by atoms with Gasteiger partial charge in [-0.1, -0.05) is 6.07 Å². The highest BCUT2D eigenvalue weighted by molar-refractivity contribution is 7.91. The Morgan fingerprint density at radius 1 is 1.48 bits per heavy atom. The Bertz CT molecular complexity index is 686. The van der Waals surface area contributed by atoms with Gasteiger partial charge in [0.15, 0.2) is 5.96 Å². The lowest BCUT2D eigenvalue weighted by Gasteiger charge is -2.25. The summed E-state index contributed by atoms with van der Waals surface area (Å²) in [5.41, 5.74) is -0.115. The number of nitrogens with one attached hydrogen (secondary N) is 2. The average molecular weight is 419 g/mol. The quantitative estimate of drug-likeness (QED) is 0.382. The van der Waals surface area contributed by atoms with E-state index in [4.69, 9.17) is 4.74 Å². The van der Waals surface area contributed by atoms with Crippen molar-refractivity contribution in [2.24, 2.45) is 10.4 Å². The summed E-state index contributed by atoms with van der Waals surface area (Å²) in [5.74, 6) is 0.642. The molecule has 0 aliphatic carbocycles. The predicted molar refractivity (Wildman–Crippen MR) is 108 cm³/mol. The monoisotopic (exact) mass is 418 g/mol. The first-order valence-electron chi connectivity index (χ1n) is 9.14. The van der Waals surface area contributed by atoms with E-state index in [1.807, 2.05) is 6.92 Å². The van der Waals surface area contributed by atoms with Gasteiger partial charge >= 0.3 is 0 Å². The van der Waals surface area contributed by atoms with Crippen LogP contribution in [0.4, 0.5) is 0 Å². The van der Waals surface area contributed by atoms with Crippen LogP contribution in [-0.2, 0) is 14.8 Å². The molecule has 2 rings (SSSR count). The largest absolute Gasteiger partial charge is 0.396 e. The molecule has 1 fully saturated rings. The molecular weight excluding hydrogens is 388 g/mol. The number of aliphatic imine (C=N–C) groups is 1. The fourth-order valence-corrected chi connectivity index (χ4v) is 5.26. The minimum atomic E-state index is -3.44. The topological polar surface area (TPSA) is 103 Å². The van der Waals surface area contributed by atoms with E-state index < -0.39 is 10.0 Å². The van der Waals surface area contributed by atoms with E-state index in [-0.39, 0.29) is 12.0 Å². The van der Waals surface area contributed by atoms with Crippen LogP contribution in [0.3, 0.4) is 0 Å². The summed E-state index contributed by atoms with van der Waals surface area (Å²) < 4.78 is 32.1. The Morgan fingerprint density at radius 3 is 2.89 bits per heavy atom. The van der Waals surface area contributed by atoms with E-state index in [1.165, 1.54) is 15.6 Å². The zero-order chi connectivity index (χ0) is 19.8. The van der Waals surface area contributed by atoms with Gasteiger partial charge in [0.2, 0.25) is 0 Å². The summed E-state index contributed by atoms with van der Waals surface area (Å²) in [6.45, 7) is 5.45. The van der Waals surface area contributed by atoms with E-state index in [1.54, 1.807) is 24.6 Å². The van der Waals surface area contributed by atoms with Crippen molar-refractivity contribution in [1.29, 1.82) is 0 Å². The van der Waals surface area contributed by atoms with Crippen LogP contribution >= 0.6 is 11.3 Å². The van der Waals surface area contributed by atoms with Gasteiger partial charge in [0.25, 0.3) is 10.0 Å². The molecule has 1 unspecified atom stereocenters. The van der Waals surface area contributed by atoms with Gasteiger partial charge in [-0.2, -0.15) is 4.31 Å². The van der Waals surface area contributed by atoms with Gasteiger partial charge in [0, 0.05) is 45.3 Å². The minimum absolute atomic E-state index is 0.115. The predicted octanol–water partition coefficient (Wildman–Crippen LogP) is 0.713. The maximum Gasteiger partial charge on any atom is 0.252 e. The van der Waals surface area contributed by atoms with Crippen molar-refractivity contribution in [2.45, 2.75) is 24.0 Å². The number of thiophene rings is 1. The SMILES string of the molecule is CCNC(=NCC1(CCO)CCOC1)NCCN(C)S(=O)(=O)c1cccs1. The number of hydrogen-bond donors (Lipinski definition) is 3. The molecule has 0 radical (unpaired) electrons. The number of sulfonamides is 1. The van der Waals surface area contributed by atoms with Gasteiger partial charge in [-0.25, -0.2) is 8.42 Å². The first kappa shape index (κ1) is 22.1. The second-order valence-corrected chi connectivity index (χ2v) is 9.88. The highest BCUT2D eigenvalue weighted by Gasteiger charge is 2.34. The summed E-state index contributed by atoms with van der Waals surface area (Å²) in [6.07, 6.45) is 1.55. The fraction of sp³-hybridized carbons (Fsp3) is 0.706. The molecule has 2 heterocycles. The molecule has 0 bridgehead atoms. The molecule has 0 saturated carbocycles. The van der Waals surface area contributed by atoms with Crippen LogP contribution in [0, 0.1) is 5.41 Å². The second-order valence-electron chi connectivity index (χ2n) is 6.66. The Labute approximate surface area is 165 Å². The number of aliphatic hydroxyl groups is 1. The Kier molecular flexibility index (Phi) is 8.49. The van der Waals surface area contributed by atoms with Crippen LogP contribution in [0.5, 0.6) is 0 Å². The number of rotatable bonds is 10. The van der Waals surface area contributed by atoms with Crippen LogP contribution < -0.4 is 10.6 Å². The molecule has 0 amide bonds. The van der Waals surface area contributed by atoms with Gasteiger partial charge in [-0.15, -0.1) is 11.3 Å². The van der Waals surface area contributed by atoms with Crippen molar-refractivity contribution < 1.29 is 18.3 Å². The van der Waals surface area contributed by atoms with Crippen molar-refractivity contribution in [1.82, 2.24) is 14.9 Å². The van der Waals surface area contributed by atoms with Crippen molar-refractivity contribution >= 4 is 27.3 Å². The van der Waals surface area contributed by atoms with E-state index in [0.29, 0.717) is 56.0 Å². The van der Waals surface area contributed by atoms with Gasteiger partial charge in [0.05, 0.1) is 13.2 Å². The summed E-state index contributed by atoms with van der Waals surface area (Å²) >= 11 is 1.21. The van der Waals surface area contributed by atoms with Gasteiger partial charge in [-0.05, 0) is 31.2 Å². The molecule has 0 aromatic carbocycles. The minimum Gasteiger partial charge on any atom is -0.396 e. The summed E-state index contributed by atoms with van der Waals surface area (Å²) in [5, 5.41) is 17.4. The van der Waals surface area contributed by atoms with Crippen LogP contribution in [-0.4, -0.2) is 76.8 Å². The van der Waals surface area contributed by atoms with Crippen LogP contribution in [0.2, 0.25) is 0 Å². The van der Waals surface area contributed by atoms with Gasteiger partial charge < -0.3 is 20.5 Å². The summed E-state index contributed by atoms with van der Waals surface area (Å²) in [7, 11) is -1.86. The number of likely N-dealkylation sites (N-methyl/N-ethyl adjacent to an activating group) is 1. The standard InChI is InChI=1S/C17H30N4O4S2/c1-3-18-16(20-13-17(6-10-22)7-11-25-14-17)19-8-9-21(2)27(23,24)15-5-4-12-26-15/h4-5,12,22H,3,6-11,13-14H2,1-2H3,(H2,18,19,20). The van der Waals surface area contributed by atoms with Crippen molar-refractivity contribution in [2.75, 3.05) is 53.0 Å². The van der Waals surface area contributed by atoms with Crippen LogP contribution in [0.15, 0.2) is 26.7 Å². The third-order valence-corrected chi connectivity index (χ3v) is 7.85. The lowest BCUT2D eigenvalue weighted by Crippen LogP contribution is -2.42. The maximum atomic E-state index is 12.4. The van der Waals surface area contributed by atoms with Crippen molar-refractivity contribution in [3.05, 3.63) is 17.5 Å². The van der Waals surface area contributed by atoms with E-state index in [9.17, 15) is 13.5 Å². The van der Waals surface area contributed by atoms with Crippen molar-refractivity contribution in [3.63, 3.8) is 0 Å². The third kappa shape index (κ3) is 6.15. The molecule has 1 saturated heterocycles. The molecule has 10 heteroatoms. The highest BCUT2D eigenvalue weighted by Crippen LogP contribution is 2.32. The smallest absolute Gasteiger partial charge is 0.252 e. The number of nitrogens with zero attached hydrogens (tertiary/aromatic N) is 2. The number of hydrogen-bond acceptors (Lipinski definition) is 6. The molecular formula is C17H30N4O4S2. The molecule has 1 aromatic rings. The third-order valence-electron chi connectivity index (χ3n) is 4.62. The Hall–Kier alpha value is -1.20. The normalized spacial score (nSPS) is 21.0. The van der Waals surface area contributed by atoms with Crippen LogP contribution in [0.1, 0.15) is 19.8 Å². The van der Waals surface area contributed by atoms with Gasteiger partial charge in [0.1, 0.15) is 4.21 Å². The molecule has 1 aliphatic heterocycles. The average Bonchev–Trinajstić information content (AvgIpc) is 3.32. The Balaban J connectivity index is 1.90. The molecule has 154 valence electrons. The number of ether oxygens (including phenoxy) is 1. The molecule has 0 spiro atoms. The zero-order valence-electron chi connectivity index (χ0n) is 16.0. The first-order valence-corrected chi connectivity index (χ1v) is 11.5. The number of guanidine groups is 1. The molecule has 8 nitrogen and oxygen atoms in total. The number of aliphatic hydroxyl groups excluding tert-OH is 1. The molecule has 1 aliphatic rings. The van der Waals surface area contributed by atoms with E-state index in [2.05, 4.69) is 15.6 Å². The fourth-order valence-electron chi connectivity index (χ4n) is 2.89. The zero-order valence-corrected chi connectivity index (χ0v) is 17.6. The Morgan fingerprint density at radius 2 is 2.30 bits per heavy atom. The lowest BCUT2D eigenvalue weighted by molar-refractivity contribution is 0.131. The molecule has 27 heavy (non-hydrogen) atoms. The van der Waals surface area contributed by atoms with E-state index >= 15 is 0 Å². The molecule has 1 atom stereocenters. The molecule has 1 aromatic heterocycles.